The van der Waals surface area contributed by atoms with Gasteiger partial charge in [-0.2, -0.15) is 0 Å². The van der Waals surface area contributed by atoms with E-state index in [0.29, 0.717) is 11.8 Å². The quantitative estimate of drug-likeness (QED) is 0.751. The molecule has 2 saturated carbocycles. The van der Waals surface area contributed by atoms with E-state index in [2.05, 4.69) is 5.32 Å². The summed E-state index contributed by atoms with van der Waals surface area (Å²) >= 11 is 0. The molecule has 4 heteroatoms. The topological polar surface area (TPSA) is 55.4 Å². The lowest BCUT2D eigenvalue weighted by molar-refractivity contribution is -0.111. The van der Waals surface area contributed by atoms with E-state index in [-0.39, 0.29) is 18.1 Å². The second kappa shape index (κ2) is 4.31. The molecule has 1 N–H and O–H groups in total. The van der Waals surface area contributed by atoms with Gasteiger partial charge in [-0.1, -0.05) is 0 Å². The highest BCUT2D eigenvalue weighted by atomic mass is 16.6. The minimum Gasteiger partial charge on any atom is -0.444 e. The van der Waals surface area contributed by atoms with Crippen LogP contribution >= 0.6 is 0 Å². The monoisotopic (exact) mass is 239 g/mol. The number of ether oxygens (including phenoxy) is 1. The zero-order valence-electron chi connectivity index (χ0n) is 10.7. The van der Waals surface area contributed by atoms with Gasteiger partial charge in [-0.25, -0.2) is 4.79 Å². The minimum absolute atomic E-state index is 0.204. The third kappa shape index (κ3) is 2.79. The normalized spacial score (nSPS) is 35.7. The SMILES string of the molecule is CC(C)(C)OC(=O)NC1CC2CC(C=O)CC21. The van der Waals surface area contributed by atoms with Crippen molar-refractivity contribution in [2.24, 2.45) is 17.8 Å². The largest absolute Gasteiger partial charge is 0.444 e. The van der Waals surface area contributed by atoms with Crippen LogP contribution in [0.15, 0.2) is 0 Å². The Kier molecular flexibility index (Phi) is 3.15. The van der Waals surface area contributed by atoms with Gasteiger partial charge in [0, 0.05) is 12.0 Å². The van der Waals surface area contributed by atoms with Gasteiger partial charge in [0.05, 0.1) is 0 Å². The molecule has 2 aliphatic carbocycles. The molecule has 0 aromatic carbocycles. The number of carbonyl (C=O) groups is 2. The second-order valence-corrected chi connectivity index (χ2v) is 6.28. The van der Waals surface area contributed by atoms with Crippen LogP contribution in [0.4, 0.5) is 4.79 Å². The first kappa shape index (κ1) is 12.4. The van der Waals surface area contributed by atoms with Crippen molar-refractivity contribution < 1.29 is 14.3 Å². The summed E-state index contributed by atoms with van der Waals surface area (Å²) in [5.41, 5.74) is -0.450. The first-order chi connectivity index (χ1) is 7.89. The van der Waals surface area contributed by atoms with E-state index >= 15 is 0 Å². The smallest absolute Gasteiger partial charge is 0.407 e. The summed E-state index contributed by atoms with van der Waals surface area (Å²) in [5, 5.41) is 2.91. The molecule has 17 heavy (non-hydrogen) atoms. The molecule has 0 bridgehead atoms. The fourth-order valence-electron chi connectivity index (χ4n) is 3.01. The molecular formula is C13H21NO3. The van der Waals surface area contributed by atoms with Gasteiger partial charge in [0.25, 0.3) is 0 Å². The van der Waals surface area contributed by atoms with Crippen molar-refractivity contribution in [2.75, 3.05) is 0 Å². The van der Waals surface area contributed by atoms with Crippen LogP contribution in [0.2, 0.25) is 0 Å². The van der Waals surface area contributed by atoms with E-state index in [4.69, 9.17) is 4.74 Å². The Bertz CT molecular complexity index is 321. The molecule has 1 amide bonds. The van der Waals surface area contributed by atoms with E-state index < -0.39 is 5.60 Å². The molecule has 0 radical (unpaired) electrons. The van der Waals surface area contributed by atoms with Crippen LogP contribution in [0.25, 0.3) is 0 Å². The van der Waals surface area contributed by atoms with Gasteiger partial charge in [-0.3, -0.25) is 0 Å². The summed E-state index contributed by atoms with van der Waals surface area (Å²) in [6, 6.07) is 0.208. The summed E-state index contributed by atoms with van der Waals surface area (Å²) < 4.78 is 5.23. The number of carbonyl (C=O) groups excluding carboxylic acids is 2. The number of nitrogens with one attached hydrogen (secondary N) is 1. The number of hydrogen-bond acceptors (Lipinski definition) is 3. The summed E-state index contributed by atoms with van der Waals surface area (Å²) in [6.45, 7) is 5.57. The predicted octanol–water partition coefficient (Wildman–Crippen LogP) is 2.12. The predicted molar refractivity (Wildman–Crippen MR) is 63.5 cm³/mol. The molecule has 0 aromatic rings. The molecule has 96 valence electrons. The van der Waals surface area contributed by atoms with Crippen molar-refractivity contribution in [3.63, 3.8) is 0 Å². The fourth-order valence-corrected chi connectivity index (χ4v) is 3.01. The highest BCUT2D eigenvalue weighted by molar-refractivity contribution is 5.68. The lowest BCUT2D eigenvalue weighted by Crippen LogP contribution is -2.51. The molecule has 0 heterocycles. The maximum absolute atomic E-state index is 11.6. The van der Waals surface area contributed by atoms with Crippen molar-refractivity contribution in [1.82, 2.24) is 5.32 Å². The van der Waals surface area contributed by atoms with Crippen LogP contribution in [-0.2, 0) is 9.53 Å². The molecule has 0 aromatic heterocycles. The minimum atomic E-state index is -0.450. The second-order valence-electron chi connectivity index (χ2n) is 6.28. The Morgan fingerprint density at radius 2 is 2.00 bits per heavy atom. The molecule has 4 atom stereocenters. The molecule has 2 rings (SSSR count). The molecule has 4 unspecified atom stereocenters. The van der Waals surface area contributed by atoms with Gasteiger partial charge in [-0.15, -0.1) is 0 Å². The number of amides is 1. The number of fused-ring (bicyclic) bond motifs is 1. The summed E-state index contributed by atoms with van der Waals surface area (Å²) in [5.74, 6) is 1.32. The first-order valence-electron chi connectivity index (χ1n) is 6.34. The number of alkyl carbamates (subject to hydrolysis) is 1. The van der Waals surface area contributed by atoms with Crippen molar-refractivity contribution in [3.8, 4) is 0 Å². The van der Waals surface area contributed by atoms with E-state index in [1.807, 2.05) is 20.8 Å². The highest BCUT2D eigenvalue weighted by Crippen LogP contribution is 2.49. The zero-order chi connectivity index (χ0) is 12.6. The van der Waals surface area contributed by atoms with Gasteiger partial charge in [-0.05, 0) is 51.9 Å². The van der Waals surface area contributed by atoms with Crippen LogP contribution in [0.3, 0.4) is 0 Å². The van der Waals surface area contributed by atoms with E-state index in [9.17, 15) is 9.59 Å². The summed E-state index contributed by atoms with van der Waals surface area (Å²) in [7, 11) is 0. The van der Waals surface area contributed by atoms with Crippen LogP contribution in [0.1, 0.15) is 40.0 Å². The van der Waals surface area contributed by atoms with Crippen molar-refractivity contribution in [1.29, 1.82) is 0 Å². The van der Waals surface area contributed by atoms with E-state index in [0.717, 1.165) is 25.5 Å². The number of hydrogen-bond donors (Lipinski definition) is 1. The van der Waals surface area contributed by atoms with Gasteiger partial charge in [0.15, 0.2) is 0 Å². The van der Waals surface area contributed by atoms with Gasteiger partial charge < -0.3 is 14.8 Å². The molecule has 2 fully saturated rings. The van der Waals surface area contributed by atoms with Crippen molar-refractivity contribution >= 4 is 12.4 Å². The molecule has 4 nitrogen and oxygen atoms in total. The van der Waals surface area contributed by atoms with Crippen molar-refractivity contribution in [2.45, 2.75) is 51.7 Å². The Morgan fingerprint density at radius 1 is 1.29 bits per heavy atom. The zero-order valence-corrected chi connectivity index (χ0v) is 10.7. The van der Waals surface area contributed by atoms with Crippen LogP contribution in [-0.4, -0.2) is 24.0 Å². The summed E-state index contributed by atoms with van der Waals surface area (Å²) in [4.78, 5) is 22.3. The summed E-state index contributed by atoms with van der Waals surface area (Å²) in [6.07, 6.45) is 3.64. The van der Waals surface area contributed by atoms with E-state index in [1.54, 1.807) is 0 Å². The lowest BCUT2D eigenvalue weighted by Gasteiger charge is -2.40. The standard InChI is InChI=1S/C13H21NO3/c1-13(2,3)17-12(16)14-11-6-9-4-8(7-15)5-10(9)11/h7-11H,4-6H2,1-3H3,(H,14,16). The lowest BCUT2D eigenvalue weighted by atomic mass is 9.71. The molecule has 0 saturated heterocycles. The Morgan fingerprint density at radius 3 is 2.59 bits per heavy atom. The number of aldehydes is 1. The van der Waals surface area contributed by atoms with Gasteiger partial charge >= 0.3 is 6.09 Å². The third-order valence-electron chi connectivity index (χ3n) is 3.75. The van der Waals surface area contributed by atoms with Crippen LogP contribution in [0, 0.1) is 17.8 Å². The maximum atomic E-state index is 11.6. The Labute approximate surface area is 102 Å². The van der Waals surface area contributed by atoms with Crippen LogP contribution in [0.5, 0.6) is 0 Å². The van der Waals surface area contributed by atoms with E-state index in [1.165, 1.54) is 0 Å². The average Bonchev–Trinajstić information content (AvgIpc) is 2.49. The maximum Gasteiger partial charge on any atom is 0.407 e. The van der Waals surface area contributed by atoms with Crippen molar-refractivity contribution in [3.05, 3.63) is 0 Å². The molecular weight excluding hydrogens is 218 g/mol. The molecule has 0 spiro atoms. The first-order valence-corrected chi connectivity index (χ1v) is 6.34. The van der Waals surface area contributed by atoms with Gasteiger partial charge in [0.2, 0.25) is 0 Å². The highest BCUT2D eigenvalue weighted by Gasteiger charge is 2.48. The molecule has 0 aliphatic heterocycles. The Balaban J connectivity index is 1.79. The van der Waals surface area contributed by atoms with Gasteiger partial charge in [0.1, 0.15) is 11.9 Å². The average molecular weight is 239 g/mol. The molecule has 2 aliphatic rings. The fraction of sp³-hybridized carbons (Fsp3) is 0.846. The Hall–Kier alpha value is -1.06. The van der Waals surface area contributed by atoms with Crippen LogP contribution < -0.4 is 5.32 Å². The third-order valence-corrected chi connectivity index (χ3v) is 3.75. The number of rotatable bonds is 2.